The molecule has 0 saturated carbocycles. The number of nitrogens with one attached hydrogen (secondary N) is 1. The largest absolute Gasteiger partial charge is 0.307 e. The molecule has 0 aromatic carbocycles. The predicted molar refractivity (Wildman–Crippen MR) is 50.2 cm³/mol. The maximum absolute atomic E-state index is 4.57. The van der Waals surface area contributed by atoms with Gasteiger partial charge in [0, 0.05) is 13.1 Å². The van der Waals surface area contributed by atoms with E-state index in [1.54, 1.807) is 0 Å². The van der Waals surface area contributed by atoms with Crippen LogP contribution in [0.3, 0.4) is 0 Å². The molecule has 0 aliphatic rings. The Labute approximate surface area is 78.0 Å². The average molecular weight is 181 g/mol. The zero-order chi connectivity index (χ0) is 9.68. The maximum Gasteiger partial charge on any atom is 0.121 e. The lowest BCUT2D eigenvalue weighted by Crippen LogP contribution is -2.14. The van der Waals surface area contributed by atoms with Crippen molar-refractivity contribution < 1.29 is 4.63 Å². The molecule has 0 bridgehead atoms. The van der Waals surface area contributed by atoms with Gasteiger partial charge in [-0.25, -0.2) is 4.63 Å². The Bertz CT molecular complexity index is 287. The van der Waals surface area contributed by atoms with Crippen molar-refractivity contribution in [3.05, 3.63) is 23.0 Å². The molecule has 0 unspecified atom stereocenters. The van der Waals surface area contributed by atoms with Crippen molar-refractivity contribution in [1.82, 2.24) is 15.6 Å². The summed E-state index contributed by atoms with van der Waals surface area (Å²) in [5, 5.41) is 10.7. The van der Waals surface area contributed by atoms with Gasteiger partial charge in [0.2, 0.25) is 0 Å². The van der Waals surface area contributed by atoms with Crippen LogP contribution in [0.25, 0.3) is 0 Å². The first kappa shape index (κ1) is 9.92. The summed E-state index contributed by atoms with van der Waals surface area (Å²) < 4.78 is 4.57. The van der Waals surface area contributed by atoms with E-state index in [0.717, 1.165) is 17.9 Å². The molecule has 0 saturated heterocycles. The zero-order valence-corrected chi connectivity index (χ0v) is 8.29. The van der Waals surface area contributed by atoms with Gasteiger partial charge in [-0.15, -0.1) is 0 Å². The lowest BCUT2D eigenvalue weighted by Gasteiger charge is -1.97. The minimum absolute atomic E-state index is 0.707. The van der Waals surface area contributed by atoms with Crippen LogP contribution >= 0.6 is 0 Å². The molecule has 1 rings (SSSR count). The fourth-order valence-electron chi connectivity index (χ4n) is 0.877. The Kier molecular flexibility index (Phi) is 3.64. The van der Waals surface area contributed by atoms with E-state index in [1.807, 2.05) is 6.92 Å². The highest BCUT2D eigenvalue weighted by Gasteiger charge is 2.02. The van der Waals surface area contributed by atoms with Crippen molar-refractivity contribution in [3.63, 3.8) is 0 Å². The predicted octanol–water partition coefficient (Wildman–Crippen LogP) is 1.43. The molecule has 4 heteroatoms. The standard InChI is InChI=1S/C9H15N3O/c1-7(2)4-5-10-6-9-8(3)11-13-12-9/h4,10H,5-6H2,1-3H3. The van der Waals surface area contributed by atoms with E-state index in [9.17, 15) is 0 Å². The molecule has 0 amide bonds. The summed E-state index contributed by atoms with van der Waals surface area (Å²) in [6.07, 6.45) is 2.13. The maximum atomic E-state index is 4.57. The first-order valence-electron chi connectivity index (χ1n) is 4.32. The summed E-state index contributed by atoms with van der Waals surface area (Å²) in [6.45, 7) is 7.59. The Balaban J connectivity index is 2.28. The van der Waals surface area contributed by atoms with Gasteiger partial charge in [-0.05, 0) is 20.8 Å². The van der Waals surface area contributed by atoms with Crippen LogP contribution in [-0.2, 0) is 6.54 Å². The van der Waals surface area contributed by atoms with Gasteiger partial charge in [-0.1, -0.05) is 22.0 Å². The molecule has 0 fully saturated rings. The normalized spacial score (nSPS) is 10.1. The Morgan fingerprint density at radius 1 is 1.46 bits per heavy atom. The van der Waals surface area contributed by atoms with Crippen LogP contribution in [0.15, 0.2) is 16.3 Å². The summed E-state index contributed by atoms with van der Waals surface area (Å²) in [5.74, 6) is 0. The third-order valence-corrected chi connectivity index (χ3v) is 1.69. The third-order valence-electron chi connectivity index (χ3n) is 1.69. The van der Waals surface area contributed by atoms with E-state index >= 15 is 0 Å². The quantitative estimate of drug-likeness (QED) is 0.564. The van der Waals surface area contributed by atoms with Crippen molar-refractivity contribution in [2.75, 3.05) is 6.54 Å². The van der Waals surface area contributed by atoms with Crippen LogP contribution in [-0.4, -0.2) is 16.9 Å². The highest BCUT2D eigenvalue weighted by atomic mass is 16.6. The second-order valence-electron chi connectivity index (χ2n) is 3.21. The minimum atomic E-state index is 0.707. The van der Waals surface area contributed by atoms with Crippen LogP contribution in [0.4, 0.5) is 0 Å². The van der Waals surface area contributed by atoms with E-state index < -0.39 is 0 Å². The molecule has 1 heterocycles. The molecule has 1 N–H and O–H groups in total. The van der Waals surface area contributed by atoms with Crippen LogP contribution in [0, 0.1) is 6.92 Å². The second-order valence-corrected chi connectivity index (χ2v) is 3.21. The summed E-state index contributed by atoms with van der Waals surface area (Å²) in [6, 6.07) is 0. The first-order chi connectivity index (χ1) is 6.20. The van der Waals surface area contributed by atoms with Gasteiger partial charge >= 0.3 is 0 Å². The number of aromatic nitrogens is 2. The van der Waals surface area contributed by atoms with Crippen LogP contribution in [0.1, 0.15) is 25.2 Å². The van der Waals surface area contributed by atoms with Gasteiger partial charge in [0.15, 0.2) is 0 Å². The first-order valence-corrected chi connectivity index (χ1v) is 4.32. The molecule has 0 aliphatic heterocycles. The van der Waals surface area contributed by atoms with Crippen molar-refractivity contribution in [1.29, 1.82) is 0 Å². The summed E-state index contributed by atoms with van der Waals surface area (Å²) in [5.41, 5.74) is 3.04. The van der Waals surface area contributed by atoms with Crippen molar-refractivity contribution in [2.24, 2.45) is 0 Å². The molecule has 0 aliphatic carbocycles. The van der Waals surface area contributed by atoms with Crippen molar-refractivity contribution >= 4 is 0 Å². The molecule has 1 aromatic heterocycles. The smallest absolute Gasteiger partial charge is 0.121 e. The molecular weight excluding hydrogens is 166 g/mol. The highest BCUT2D eigenvalue weighted by Crippen LogP contribution is 1.98. The molecule has 0 spiro atoms. The van der Waals surface area contributed by atoms with Crippen LogP contribution in [0.5, 0.6) is 0 Å². The number of hydrogen-bond donors (Lipinski definition) is 1. The Morgan fingerprint density at radius 3 is 2.77 bits per heavy atom. The minimum Gasteiger partial charge on any atom is -0.307 e. The molecular formula is C9H15N3O. The van der Waals surface area contributed by atoms with Gasteiger partial charge in [0.25, 0.3) is 0 Å². The van der Waals surface area contributed by atoms with E-state index in [1.165, 1.54) is 5.57 Å². The molecule has 13 heavy (non-hydrogen) atoms. The number of nitrogens with zero attached hydrogens (tertiary/aromatic N) is 2. The SMILES string of the molecule is CC(C)=CCNCc1nonc1C. The molecule has 0 radical (unpaired) electrons. The summed E-state index contributed by atoms with van der Waals surface area (Å²) >= 11 is 0. The molecule has 1 aromatic rings. The molecule has 0 atom stereocenters. The number of hydrogen-bond acceptors (Lipinski definition) is 4. The Hall–Kier alpha value is -1.16. The highest BCUT2D eigenvalue weighted by molar-refractivity contribution is 5.04. The summed E-state index contributed by atoms with van der Waals surface area (Å²) in [7, 11) is 0. The van der Waals surface area contributed by atoms with Crippen molar-refractivity contribution in [2.45, 2.75) is 27.3 Å². The average Bonchev–Trinajstić information content (AvgIpc) is 2.45. The lowest BCUT2D eigenvalue weighted by atomic mass is 10.3. The molecule has 72 valence electrons. The van der Waals surface area contributed by atoms with E-state index in [4.69, 9.17) is 0 Å². The number of rotatable bonds is 4. The lowest BCUT2D eigenvalue weighted by molar-refractivity contribution is 0.300. The molecule has 4 nitrogen and oxygen atoms in total. The van der Waals surface area contributed by atoms with Crippen LogP contribution in [0.2, 0.25) is 0 Å². The number of aryl methyl sites for hydroxylation is 1. The topological polar surface area (TPSA) is 51.0 Å². The Morgan fingerprint density at radius 2 is 2.23 bits per heavy atom. The van der Waals surface area contributed by atoms with Gasteiger partial charge < -0.3 is 5.32 Å². The van der Waals surface area contributed by atoms with Gasteiger partial charge in [-0.3, -0.25) is 0 Å². The number of allylic oxidation sites excluding steroid dienone is 1. The zero-order valence-electron chi connectivity index (χ0n) is 8.29. The third kappa shape index (κ3) is 3.38. The van der Waals surface area contributed by atoms with Gasteiger partial charge in [0.05, 0.1) is 0 Å². The fraction of sp³-hybridized carbons (Fsp3) is 0.556. The van der Waals surface area contributed by atoms with Crippen LogP contribution < -0.4 is 5.32 Å². The van der Waals surface area contributed by atoms with Gasteiger partial charge in [0.1, 0.15) is 11.4 Å². The second kappa shape index (κ2) is 4.77. The van der Waals surface area contributed by atoms with Crippen molar-refractivity contribution in [3.8, 4) is 0 Å². The van der Waals surface area contributed by atoms with E-state index in [0.29, 0.717) is 6.54 Å². The van der Waals surface area contributed by atoms with E-state index in [-0.39, 0.29) is 0 Å². The van der Waals surface area contributed by atoms with Gasteiger partial charge in [-0.2, -0.15) is 0 Å². The monoisotopic (exact) mass is 181 g/mol. The van der Waals surface area contributed by atoms with E-state index in [2.05, 4.69) is 40.2 Å². The fourth-order valence-corrected chi connectivity index (χ4v) is 0.877. The summed E-state index contributed by atoms with van der Waals surface area (Å²) in [4.78, 5) is 0.